The van der Waals surface area contributed by atoms with E-state index in [0.717, 1.165) is 11.1 Å². The van der Waals surface area contributed by atoms with Crippen LogP contribution in [0.1, 0.15) is 29.4 Å². The largest absolute Gasteiger partial charge is 0.508 e. The number of fused-ring (bicyclic) bond motifs is 1. The zero-order chi connectivity index (χ0) is 25.2. The normalized spacial score (nSPS) is 11.1. The molecule has 0 radical (unpaired) electrons. The molecular weight excluding hydrogens is 461 g/mol. The average Bonchev–Trinajstić information content (AvgIpc) is 3.17. The fourth-order valence-corrected chi connectivity index (χ4v) is 4.03. The quantitative estimate of drug-likeness (QED) is 0.328. The van der Waals surface area contributed by atoms with Gasteiger partial charge in [-0.15, -0.1) is 0 Å². The van der Waals surface area contributed by atoms with Crippen molar-refractivity contribution in [3.8, 4) is 28.6 Å². The van der Waals surface area contributed by atoms with Crippen LogP contribution in [0.4, 0.5) is 4.39 Å². The minimum Gasteiger partial charge on any atom is -0.508 e. The smallest absolute Gasteiger partial charge is 0.309 e. The van der Waals surface area contributed by atoms with Gasteiger partial charge in [0.05, 0.1) is 11.4 Å². The Hall–Kier alpha value is -4.72. The number of imidazole rings is 1. The van der Waals surface area contributed by atoms with Gasteiger partial charge in [-0.2, -0.15) is 0 Å². The molecule has 0 saturated carbocycles. The highest BCUT2D eigenvalue weighted by Crippen LogP contribution is 2.30. The van der Waals surface area contributed by atoms with Gasteiger partial charge in [0.15, 0.2) is 5.65 Å². The number of rotatable bonds is 6. The van der Waals surface area contributed by atoms with Crippen LogP contribution in [0.15, 0.2) is 79.0 Å². The summed E-state index contributed by atoms with van der Waals surface area (Å²) in [5, 5.41) is 19.3. The molecule has 5 rings (SSSR count). The number of halogens is 1. The number of esters is 1. The molecule has 0 saturated heterocycles. The molecule has 8 heteroatoms. The second-order valence-corrected chi connectivity index (χ2v) is 8.42. The molecule has 7 nitrogen and oxygen atoms in total. The Morgan fingerprint density at radius 2 is 1.56 bits per heavy atom. The lowest BCUT2D eigenvalue weighted by molar-refractivity contribution is -0.132. The predicted molar refractivity (Wildman–Crippen MR) is 132 cm³/mol. The Balaban J connectivity index is 1.70. The van der Waals surface area contributed by atoms with Crippen molar-refractivity contribution in [2.45, 2.75) is 19.8 Å². The van der Waals surface area contributed by atoms with E-state index in [9.17, 15) is 19.4 Å². The summed E-state index contributed by atoms with van der Waals surface area (Å²) in [6.07, 6.45) is 2.36. The van der Waals surface area contributed by atoms with E-state index in [4.69, 9.17) is 14.7 Å². The molecule has 0 spiro atoms. The molecule has 0 bridgehead atoms. The van der Waals surface area contributed by atoms with Crippen molar-refractivity contribution in [1.82, 2.24) is 14.4 Å². The molecule has 0 amide bonds. The number of carbonyl (C=O) groups is 1. The van der Waals surface area contributed by atoms with Crippen LogP contribution in [-0.2, 0) is 17.6 Å². The van der Waals surface area contributed by atoms with Crippen LogP contribution < -0.4 is 4.74 Å². The third-order valence-electron chi connectivity index (χ3n) is 5.67. The lowest BCUT2D eigenvalue weighted by Crippen LogP contribution is -2.07. The molecule has 36 heavy (non-hydrogen) atoms. The third-order valence-corrected chi connectivity index (χ3v) is 5.67. The molecule has 2 N–H and O–H groups in total. The van der Waals surface area contributed by atoms with Crippen molar-refractivity contribution in [3.05, 3.63) is 107 Å². The van der Waals surface area contributed by atoms with Gasteiger partial charge in [-0.1, -0.05) is 24.3 Å². The number of benzene rings is 3. The first-order chi connectivity index (χ1) is 17.4. The highest BCUT2D eigenvalue weighted by Gasteiger charge is 2.21. The van der Waals surface area contributed by atoms with Crippen LogP contribution in [0.2, 0.25) is 0 Å². The van der Waals surface area contributed by atoms with Crippen molar-refractivity contribution in [3.63, 3.8) is 0 Å². The van der Waals surface area contributed by atoms with Crippen LogP contribution in [0, 0.1) is 5.82 Å². The highest BCUT2D eigenvalue weighted by atomic mass is 19.1. The van der Waals surface area contributed by atoms with Gasteiger partial charge in [-0.05, 0) is 59.7 Å². The molecule has 180 valence electrons. The zero-order valence-electron chi connectivity index (χ0n) is 19.4. The van der Waals surface area contributed by atoms with Crippen molar-refractivity contribution in [1.29, 1.82) is 0 Å². The van der Waals surface area contributed by atoms with E-state index in [-0.39, 0.29) is 23.2 Å². The maximum atomic E-state index is 13.9. The lowest BCUT2D eigenvalue weighted by atomic mass is 10.1. The zero-order valence-corrected chi connectivity index (χ0v) is 19.4. The summed E-state index contributed by atoms with van der Waals surface area (Å²) in [7, 11) is 0. The number of aromatic nitrogens is 3. The van der Waals surface area contributed by atoms with E-state index < -0.39 is 5.97 Å². The molecule has 2 heterocycles. The molecule has 0 aliphatic heterocycles. The van der Waals surface area contributed by atoms with Crippen LogP contribution in [-0.4, -0.2) is 30.6 Å². The van der Waals surface area contributed by atoms with Crippen LogP contribution in [0.25, 0.3) is 16.9 Å². The summed E-state index contributed by atoms with van der Waals surface area (Å²) in [6.45, 7) is 1.32. The highest BCUT2D eigenvalue weighted by molar-refractivity contribution is 5.71. The van der Waals surface area contributed by atoms with E-state index in [1.165, 1.54) is 19.1 Å². The second kappa shape index (κ2) is 9.50. The van der Waals surface area contributed by atoms with Gasteiger partial charge in [0.2, 0.25) is 5.88 Å². The van der Waals surface area contributed by atoms with Gasteiger partial charge in [-0.3, -0.25) is 9.20 Å². The van der Waals surface area contributed by atoms with Crippen LogP contribution in [0.3, 0.4) is 0 Å². The first-order valence-corrected chi connectivity index (χ1v) is 11.3. The number of hydrogen-bond donors (Lipinski definition) is 2. The second-order valence-electron chi connectivity index (χ2n) is 8.42. The standard InChI is InChI=1S/C28H22FN3O4/c1-17(33)36-28-25(14-18-5-9-22(34)10-6-18)31-27-24(15-19-3-2-4-21(29)13-19)30-26(16-32(27)28)20-7-11-23(35)12-8-20/h2-13,16,34-35H,14-15H2,1H3. The van der Waals surface area contributed by atoms with Gasteiger partial charge in [0.1, 0.15) is 23.0 Å². The van der Waals surface area contributed by atoms with Gasteiger partial charge >= 0.3 is 5.97 Å². The summed E-state index contributed by atoms with van der Waals surface area (Å²) in [6, 6.07) is 19.5. The summed E-state index contributed by atoms with van der Waals surface area (Å²) in [5.41, 5.74) is 4.44. The Morgan fingerprint density at radius 1 is 0.889 bits per heavy atom. The number of hydrogen-bond acceptors (Lipinski definition) is 6. The minimum atomic E-state index is -0.501. The SMILES string of the molecule is CC(=O)Oc1c(Cc2ccc(O)cc2)nc2c(Cc3cccc(F)c3)nc(-c3ccc(O)cc3)cn12. The molecule has 0 aliphatic carbocycles. The number of ether oxygens (including phenoxy) is 1. The number of phenolic OH excluding ortho intramolecular Hbond substituents is 2. The number of phenols is 2. The molecule has 2 aromatic heterocycles. The van der Waals surface area contributed by atoms with Gasteiger partial charge in [0, 0.05) is 31.5 Å². The van der Waals surface area contributed by atoms with Crippen molar-refractivity contribution >= 4 is 11.6 Å². The van der Waals surface area contributed by atoms with Crippen molar-refractivity contribution in [2.24, 2.45) is 0 Å². The molecular formula is C28H22FN3O4. The molecule has 3 aromatic carbocycles. The molecule has 0 atom stereocenters. The molecule has 0 fully saturated rings. The molecule has 5 aromatic rings. The fourth-order valence-electron chi connectivity index (χ4n) is 4.03. The van der Waals surface area contributed by atoms with E-state index >= 15 is 0 Å². The van der Waals surface area contributed by atoms with Crippen LogP contribution in [0.5, 0.6) is 17.4 Å². The van der Waals surface area contributed by atoms with E-state index in [1.54, 1.807) is 65.2 Å². The maximum absolute atomic E-state index is 13.9. The van der Waals surface area contributed by atoms with Gasteiger partial charge in [-0.25, -0.2) is 14.4 Å². The predicted octanol–water partition coefficient (Wildman–Crippen LogP) is 5.05. The molecule has 0 unspecified atom stereocenters. The lowest BCUT2D eigenvalue weighted by Gasteiger charge is -2.10. The summed E-state index contributed by atoms with van der Waals surface area (Å²) < 4.78 is 21.2. The topological polar surface area (TPSA) is 97.0 Å². The fraction of sp³-hybridized carbons (Fsp3) is 0.107. The van der Waals surface area contributed by atoms with E-state index in [2.05, 4.69) is 0 Å². The van der Waals surface area contributed by atoms with E-state index in [1.807, 2.05) is 6.07 Å². The number of aromatic hydroxyl groups is 2. The first kappa shape index (κ1) is 23.0. The summed E-state index contributed by atoms with van der Waals surface area (Å²) in [4.78, 5) is 21.6. The average molecular weight is 483 g/mol. The van der Waals surface area contributed by atoms with Gasteiger partial charge < -0.3 is 14.9 Å². The Kier molecular flexibility index (Phi) is 6.08. The Bertz CT molecular complexity index is 1560. The summed E-state index contributed by atoms with van der Waals surface area (Å²) in [5.74, 6) is -0.324. The Morgan fingerprint density at radius 3 is 2.22 bits per heavy atom. The monoisotopic (exact) mass is 483 g/mol. The maximum Gasteiger partial charge on any atom is 0.309 e. The minimum absolute atomic E-state index is 0.124. The third kappa shape index (κ3) is 4.88. The summed E-state index contributed by atoms with van der Waals surface area (Å²) >= 11 is 0. The van der Waals surface area contributed by atoms with E-state index in [0.29, 0.717) is 41.1 Å². The molecule has 0 aliphatic rings. The number of carbonyl (C=O) groups excluding carboxylic acids is 1. The van der Waals surface area contributed by atoms with Crippen LogP contribution >= 0.6 is 0 Å². The van der Waals surface area contributed by atoms with Gasteiger partial charge in [0.25, 0.3) is 0 Å². The van der Waals surface area contributed by atoms with Crippen molar-refractivity contribution in [2.75, 3.05) is 0 Å². The number of nitrogens with zero attached hydrogens (tertiary/aromatic N) is 3. The van der Waals surface area contributed by atoms with Crippen molar-refractivity contribution < 1.29 is 24.1 Å². The first-order valence-electron chi connectivity index (χ1n) is 11.3. The Labute approximate surface area is 206 Å².